The van der Waals surface area contributed by atoms with Crippen molar-refractivity contribution in [3.05, 3.63) is 86.3 Å². The molecule has 1 N–H and O–H groups in total. The van der Waals surface area contributed by atoms with E-state index in [2.05, 4.69) is 9.97 Å². The monoisotopic (exact) mass is 351 g/mol. The van der Waals surface area contributed by atoms with E-state index in [-0.39, 0.29) is 18.2 Å². The van der Waals surface area contributed by atoms with Crippen molar-refractivity contribution in [1.82, 2.24) is 14.5 Å². The smallest absolute Gasteiger partial charge is 0.328 e. The number of nitrogens with one attached hydrogen (secondary N) is 1. The molecule has 7 heteroatoms. The van der Waals surface area contributed by atoms with Crippen molar-refractivity contribution in [1.29, 1.82) is 0 Å². The molecule has 1 aromatic carbocycles. The summed E-state index contributed by atoms with van der Waals surface area (Å²) in [5.41, 5.74) is 1.86. The first-order valence-corrected chi connectivity index (χ1v) is 8.20. The summed E-state index contributed by atoms with van der Waals surface area (Å²) in [6.07, 6.45) is 4.69. The van der Waals surface area contributed by atoms with Crippen molar-refractivity contribution in [2.75, 3.05) is 7.11 Å². The number of hydrogen-bond acceptors (Lipinski definition) is 5. The van der Waals surface area contributed by atoms with Crippen LogP contribution in [0.1, 0.15) is 22.6 Å². The van der Waals surface area contributed by atoms with Crippen molar-refractivity contribution in [2.45, 2.75) is 19.1 Å². The van der Waals surface area contributed by atoms with Crippen LogP contribution in [-0.4, -0.2) is 27.7 Å². The maximum Gasteiger partial charge on any atom is 0.328 e. The minimum Gasteiger partial charge on any atom is -0.444 e. The predicted molar refractivity (Wildman–Crippen MR) is 95.7 cm³/mol. The lowest BCUT2D eigenvalue weighted by molar-refractivity contribution is 0.146. The number of fused-ring (bicyclic) bond motifs is 1. The molecule has 4 rings (SSSR count). The van der Waals surface area contributed by atoms with E-state index in [1.165, 1.54) is 11.0 Å². The minimum atomic E-state index is -0.427. The van der Waals surface area contributed by atoms with Crippen molar-refractivity contribution < 1.29 is 9.15 Å². The normalized spacial score (nSPS) is 16.2. The van der Waals surface area contributed by atoms with Gasteiger partial charge in [0.05, 0.1) is 24.4 Å². The van der Waals surface area contributed by atoms with Crippen LogP contribution in [0.15, 0.2) is 56.9 Å². The SMILES string of the molecule is COC1Cc2[nH]c(=O)n(Cc3ccccc3)c(=O)c2C=C1c1cnco1. The fourth-order valence-electron chi connectivity index (χ4n) is 3.19. The number of benzene rings is 1. The number of oxazole rings is 1. The van der Waals surface area contributed by atoms with Gasteiger partial charge in [0.25, 0.3) is 5.56 Å². The van der Waals surface area contributed by atoms with Gasteiger partial charge in [0.15, 0.2) is 12.2 Å². The zero-order chi connectivity index (χ0) is 18.1. The quantitative estimate of drug-likeness (QED) is 0.772. The van der Waals surface area contributed by atoms with Gasteiger partial charge in [0, 0.05) is 24.8 Å². The van der Waals surface area contributed by atoms with Crippen molar-refractivity contribution >= 4 is 11.6 Å². The van der Waals surface area contributed by atoms with Gasteiger partial charge in [-0.05, 0) is 11.6 Å². The lowest BCUT2D eigenvalue weighted by Crippen LogP contribution is -2.40. The Kier molecular flexibility index (Phi) is 4.14. The summed E-state index contributed by atoms with van der Waals surface area (Å²) in [5.74, 6) is 0.544. The molecule has 1 atom stereocenters. The summed E-state index contributed by atoms with van der Waals surface area (Å²) in [5, 5.41) is 0. The zero-order valence-corrected chi connectivity index (χ0v) is 14.1. The van der Waals surface area contributed by atoms with Crippen LogP contribution in [0.2, 0.25) is 0 Å². The molecule has 1 aliphatic carbocycles. The van der Waals surface area contributed by atoms with E-state index in [0.29, 0.717) is 23.4 Å². The topological polar surface area (TPSA) is 90.1 Å². The molecule has 132 valence electrons. The third-order valence-electron chi connectivity index (χ3n) is 4.52. The maximum atomic E-state index is 13.0. The van der Waals surface area contributed by atoms with Gasteiger partial charge in [-0.25, -0.2) is 9.78 Å². The van der Waals surface area contributed by atoms with Crippen LogP contribution in [0.3, 0.4) is 0 Å². The van der Waals surface area contributed by atoms with Crippen LogP contribution in [0.5, 0.6) is 0 Å². The fourth-order valence-corrected chi connectivity index (χ4v) is 3.19. The van der Waals surface area contributed by atoms with Crippen molar-refractivity contribution in [3.8, 4) is 0 Å². The summed E-state index contributed by atoms with van der Waals surface area (Å²) >= 11 is 0. The van der Waals surface area contributed by atoms with Gasteiger partial charge in [0.1, 0.15) is 0 Å². The van der Waals surface area contributed by atoms with E-state index in [9.17, 15) is 9.59 Å². The Morgan fingerprint density at radius 1 is 1.31 bits per heavy atom. The Hall–Kier alpha value is -3.19. The number of ether oxygens (including phenoxy) is 1. The second-order valence-corrected chi connectivity index (χ2v) is 6.09. The number of nitrogens with zero attached hydrogens (tertiary/aromatic N) is 2. The highest BCUT2D eigenvalue weighted by Crippen LogP contribution is 2.29. The third kappa shape index (κ3) is 2.82. The van der Waals surface area contributed by atoms with Crippen LogP contribution >= 0.6 is 0 Å². The number of hydrogen-bond donors (Lipinski definition) is 1. The van der Waals surface area contributed by atoms with Crippen LogP contribution in [-0.2, 0) is 17.7 Å². The molecule has 0 spiro atoms. The molecule has 0 saturated carbocycles. The molecule has 2 aromatic heterocycles. The van der Waals surface area contributed by atoms with Gasteiger partial charge >= 0.3 is 5.69 Å². The Bertz CT molecular complexity index is 1060. The van der Waals surface area contributed by atoms with Gasteiger partial charge in [-0.15, -0.1) is 0 Å². The fraction of sp³-hybridized carbons (Fsp3) is 0.211. The average molecular weight is 351 g/mol. The molecule has 0 saturated heterocycles. The predicted octanol–water partition coefficient (Wildman–Crippen LogP) is 1.68. The second-order valence-electron chi connectivity index (χ2n) is 6.09. The lowest BCUT2D eigenvalue weighted by Gasteiger charge is -2.23. The number of aromatic nitrogens is 3. The lowest BCUT2D eigenvalue weighted by atomic mass is 9.93. The standard InChI is InChI=1S/C19H17N3O4/c1-25-16-8-15-13(7-14(16)17-9-20-11-26-17)18(23)22(19(24)21-15)10-12-5-3-2-4-6-12/h2-7,9,11,16H,8,10H2,1H3,(H,21,24). The zero-order valence-electron chi connectivity index (χ0n) is 14.1. The van der Waals surface area contributed by atoms with Crippen LogP contribution < -0.4 is 11.2 Å². The second kappa shape index (κ2) is 6.61. The highest BCUT2D eigenvalue weighted by molar-refractivity contribution is 5.84. The highest BCUT2D eigenvalue weighted by Gasteiger charge is 2.27. The first-order valence-electron chi connectivity index (χ1n) is 8.20. The van der Waals surface area contributed by atoms with Crippen LogP contribution in [0.4, 0.5) is 0 Å². The minimum absolute atomic E-state index is 0.210. The van der Waals surface area contributed by atoms with Crippen LogP contribution in [0.25, 0.3) is 11.6 Å². The van der Waals surface area contributed by atoms with Gasteiger partial charge in [0.2, 0.25) is 0 Å². The summed E-state index contributed by atoms with van der Waals surface area (Å²) < 4.78 is 12.1. The Labute approximate surface area is 148 Å². The molecule has 0 aliphatic heterocycles. The molecule has 1 aliphatic rings. The summed E-state index contributed by atoms with van der Waals surface area (Å²) in [6.45, 7) is 0.210. The molecule has 0 bridgehead atoms. The van der Waals surface area contributed by atoms with E-state index in [1.807, 2.05) is 30.3 Å². The van der Waals surface area contributed by atoms with Crippen molar-refractivity contribution in [3.63, 3.8) is 0 Å². The first-order chi connectivity index (χ1) is 12.7. The Morgan fingerprint density at radius 3 is 2.81 bits per heavy atom. The summed E-state index contributed by atoms with van der Waals surface area (Å²) in [7, 11) is 1.58. The van der Waals surface area contributed by atoms with Gasteiger partial charge in [-0.1, -0.05) is 30.3 Å². The number of H-pyrrole nitrogens is 1. The molecule has 3 aromatic rings. The molecule has 0 fully saturated rings. The molecule has 0 radical (unpaired) electrons. The van der Waals surface area contributed by atoms with Crippen LogP contribution in [0, 0.1) is 0 Å². The number of aromatic amines is 1. The van der Waals surface area contributed by atoms with E-state index >= 15 is 0 Å². The molecule has 0 amide bonds. The summed E-state index contributed by atoms with van der Waals surface area (Å²) in [4.78, 5) is 32.2. The first kappa shape index (κ1) is 16.3. The van der Waals surface area contributed by atoms with Gasteiger partial charge < -0.3 is 14.1 Å². The van der Waals surface area contributed by atoms with E-state index in [4.69, 9.17) is 9.15 Å². The Balaban J connectivity index is 1.84. The number of methoxy groups -OCH3 is 1. The third-order valence-corrected chi connectivity index (χ3v) is 4.52. The average Bonchev–Trinajstić information content (AvgIpc) is 3.19. The number of rotatable bonds is 4. The molecule has 1 unspecified atom stereocenters. The Morgan fingerprint density at radius 2 is 2.12 bits per heavy atom. The molecular weight excluding hydrogens is 334 g/mol. The molecular formula is C19H17N3O4. The molecule has 2 heterocycles. The molecule has 7 nitrogen and oxygen atoms in total. The van der Waals surface area contributed by atoms with E-state index in [0.717, 1.165) is 11.1 Å². The van der Waals surface area contributed by atoms with Crippen molar-refractivity contribution in [2.24, 2.45) is 0 Å². The highest BCUT2D eigenvalue weighted by atomic mass is 16.5. The van der Waals surface area contributed by atoms with Gasteiger partial charge in [-0.3, -0.25) is 9.36 Å². The van der Waals surface area contributed by atoms with E-state index in [1.54, 1.807) is 19.4 Å². The summed E-state index contributed by atoms with van der Waals surface area (Å²) in [6, 6.07) is 9.39. The largest absolute Gasteiger partial charge is 0.444 e. The maximum absolute atomic E-state index is 13.0. The van der Waals surface area contributed by atoms with E-state index < -0.39 is 5.69 Å². The molecule has 26 heavy (non-hydrogen) atoms. The van der Waals surface area contributed by atoms with Gasteiger partial charge in [-0.2, -0.15) is 0 Å².